The molecule has 0 aromatic carbocycles. The molecule has 0 saturated carbocycles. The number of carbonyl (C=O) groups is 2. The van der Waals surface area contributed by atoms with Crippen molar-refractivity contribution in [2.45, 2.75) is 26.2 Å². The summed E-state index contributed by atoms with van der Waals surface area (Å²) in [6, 6.07) is 0. The monoisotopic (exact) mass is 199 g/mol. The first-order valence-electron chi connectivity index (χ1n) is 4.76. The van der Waals surface area contributed by atoms with Crippen LogP contribution in [0.25, 0.3) is 0 Å². The summed E-state index contributed by atoms with van der Waals surface area (Å²) in [6.07, 6.45) is 2.90. The third-order valence-corrected chi connectivity index (χ3v) is 1.60. The number of hydrogen-bond donors (Lipinski definition) is 1. The van der Waals surface area contributed by atoms with Crippen LogP contribution in [-0.4, -0.2) is 25.0 Å². The maximum atomic E-state index is 10.9. The third kappa shape index (κ3) is 7.34. The first kappa shape index (κ1) is 12.7. The summed E-state index contributed by atoms with van der Waals surface area (Å²) in [7, 11) is 0. The molecular formula is C10H17NO3. The van der Waals surface area contributed by atoms with Gasteiger partial charge in [0.05, 0.1) is 6.61 Å². The van der Waals surface area contributed by atoms with Crippen molar-refractivity contribution in [3.8, 4) is 0 Å². The van der Waals surface area contributed by atoms with Crippen molar-refractivity contribution < 1.29 is 14.3 Å². The molecule has 0 aromatic rings. The molecule has 0 aliphatic heterocycles. The van der Waals surface area contributed by atoms with Crippen LogP contribution in [0.3, 0.4) is 0 Å². The van der Waals surface area contributed by atoms with Crippen LogP contribution in [-0.2, 0) is 9.53 Å². The summed E-state index contributed by atoms with van der Waals surface area (Å²) in [4.78, 5) is 21.7. The Hall–Kier alpha value is -1.32. The highest BCUT2D eigenvalue weighted by Crippen LogP contribution is 1.88. The van der Waals surface area contributed by atoms with Crippen LogP contribution in [0.2, 0.25) is 0 Å². The molecule has 0 aromatic heterocycles. The number of nitrogens with one attached hydrogen (secondary N) is 1. The van der Waals surface area contributed by atoms with E-state index in [0.29, 0.717) is 13.2 Å². The van der Waals surface area contributed by atoms with E-state index >= 15 is 0 Å². The van der Waals surface area contributed by atoms with Gasteiger partial charge in [-0.15, -0.1) is 0 Å². The molecule has 0 unspecified atom stereocenters. The fourth-order valence-corrected chi connectivity index (χ4v) is 0.750. The number of rotatable bonds is 7. The van der Waals surface area contributed by atoms with Gasteiger partial charge in [0, 0.05) is 13.0 Å². The van der Waals surface area contributed by atoms with Gasteiger partial charge in [0.1, 0.15) is 0 Å². The molecule has 0 aliphatic rings. The van der Waals surface area contributed by atoms with Gasteiger partial charge in [0.2, 0.25) is 0 Å². The minimum atomic E-state index is -0.463. The lowest BCUT2D eigenvalue weighted by Crippen LogP contribution is -2.26. The zero-order chi connectivity index (χ0) is 10.8. The van der Waals surface area contributed by atoms with E-state index in [4.69, 9.17) is 4.74 Å². The van der Waals surface area contributed by atoms with E-state index in [1.54, 1.807) is 0 Å². The summed E-state index contributed by atoms with van der Waals surface area (Å²) in [5.74, 6) is -0.0844. The molecule has 14 heavy (non-hydrogen) atoms. The summed E-state index contributed by atoms with van der Waals surface area (Å²) in [5.41, 5.74) is 0. The van der Waals surface area contributed by atoms with Crippen LogP contribution in [0.5, 0.6) is 0 Å². The normalized spacial score (nSPS) is 9.21. The molecule has 4 nitrogen and oxygen atoms in total. The molecule has 0 rings (SSSR count). The lowest BCUT2D eigenvalue weighted by atomic mass is 10.3. The van der Waals surface area contributed by atoms with Crippen molar-refractivity contribution in [1.82, 2.24) is 5.32 Å². The fourth-order valence-electron chi connectivity index (χ4n) is 0.750. The van der Waals surface area contributed by atoms with Crippen LogP contribution in [0.4, 0.5) is 4.79 Å². The smallest absolute Gasteiger partial charge is 0.407 e. The summed E-state index contributed by atoms with van der Waals surface area (Å²) in [6.45, 7) is 6.07. The zero-order valence-electron chi connectivity index (χ0n) is 8.54. The zero-order valence-corrected chi connectivity index (χ0v) is 8.54. The Morgan fingerprint density at radius 3 is 2.79 bits per heavy atom. The summed E-state index contributed by atoms with van der Waals surface area (Å²) < 4.78 is 4.81. The molecule has 0 atom stereocenters. The molecule has 80 valence electrons. The van der Waals surface area contributed by atoms with Crippen LogP contribution in [0.15, 0.2) is 12.7 Å². The van der Waals surface area contributed by atoms with Crippen molar-refractivity contribution in [2.24, 2.45) is 0 Å². The standard InChI is InChI=1S/C10H17NO3/c1-3-5-8-14-10(13)11-7-6-9(12)4-2/h4H,2-3,5-8H2,1H3,(H,11,13). The highest BCUT2D eigenvalue weighted by Gasteiger charge is 2.01. The maximum Gasteiger partial charge on any atom is 0.407 e. The molecule has 1 N–H and O–H groups in total. The van der Waals surface area contributed by atoms with Gasteiger partial charge in [0.25, 0.3) is 0 Å². The van der Waals surface area contributed by atoms with Crippen LogP contribution < -0.4 is 5.32 Å². The van der Waals surface area contributed by atoms with Gasteiger partial charge in [-0.1, -0.05) is 19.9 Å². The molecule has 0 bridgehead atoms. The Bertz CT molecular complexity index is 202. The van der Waals surface area contributed by atoms with Gasteiger partial charge in [0.15, 0.2) is 5.78 Å². The number of alkyl carbamates (subject to hydrolysis) is 1. The van der Waals surface area contributed by atoms with Gasteiger partial charge in [-0.25, -0.2) is 4.79 Å². The van der Waals surface area contributed by atoms with Crippen molar-refractivity contribution >= 4 is 11.9 Å². The Kier molecular flexibility index (Phi) is 7.50. The Balaban J connectivity index is 3.35. The van der Waals surface area contributed by atoms with Crippen LogP contribution in [0.1, 0.15) is 26.2 Å². The Morgan fingerprint density at radius 1 is 1.50 bits per heavy atom. The second-order valence-electron chi connectivity index (χ2n) is 2.84. The van der Waals surface area contributed by atoms with E-state index in [-0.39, 0.29) is 12.2 Å². The van der Waals surface area contributed by atoms with Crippen molar-refractivity contribution in [2.75, 3.05) is 13.2 Å². The molecule has 0 aliphatic carbocycles. The van der Waals surface area contributed by atoms with Gasteiger partial charge in [-0.3, -0.25) is 4.79 Å². The third-order valence-electron chi connectivity index (χ3n) is 1.60. The number of hydrogen-bond acceptors (Lipinski definition) is 3. The largest absolute Gasteiger partial charge is 0.450 e. The number of ether oxygens (including phenoxy) is 1. The van der Waals surface area contributed by atoms with E-state index in [1.807, 2.05) is 6.92 Å². The molecule has 0 spiro atoms. The number of amides is 1. The van der Waals surface area contributed by atoms with Crippen LogP contribution in [0, 0.1) is 0 Å². The minimum absolute atomic E-state index is 0.0844. The van der Waals surface area contributed by atoms with Crippen molar-refractivity contribution in [3.63, 3.8) is 0 Å². The Labute approximate surface area is 84.3 Å². The van der Waals surface area contributed by atoms with Gasteiger partial charge in [-0.05, 0) is 12.5 Å². The van der Waals surface area contributed by atoms with Gasteiger partial charge in [-0.2, -0.15) is 0 Å². The minimum Gasteiger partial charge on any atom is -0.450 e. The maximum absolute atomic E-state index is 10.9. The highest BCUT2D eigenvalue weighted by atomic mass is 16.5. The molecule has 1 amide bonds. The van der Waals surface area contributed by atoms with E-state index in [2.05, 4.69) is 11.9 Å². The second kappa shape index (κ2) is 8.29. The lowest BCUT2D eigenvalue weighted by molar-refractivity contribution is -0.114. The van der Waals surface area contributed by atoms with Gasteiger partial charge >= 0.3 is 6.09 Å². The summed E-state index contributed by atoms with van der Waals surface area (Å²) in [5, 5.41) is 2.48. The average molecular weight is 199 g/mol. The van der Waals surface area contributed by atoms with Crippen molar-refractivity contribution in [1.29, 1.82) is 0 Å². The SMILES string of the molecule is C=CC(=O)CCNC(=O)OCCCC. The number of ketones is 1. The molecule has 0 saturated heterocycles. The predicted octanol–water partition coefficient (Wildman–Crippen LogP) is 1.66. The predicted molar refractivity (Wildman–Crippen MR) is 54.1 cm³/mol. The van der Waals surface area contributed by atoms with Crippen molar-refractivity contribution in [3.05, 3.63) is 12.7 Å². The van der Waals surface area contributed by atoms with E-state index in [1.165, 1.54) is 6.08 Å². The van der Waals surface area contributed by atoms with E-state index < -0.39 is 6.09 Å². The topological polar surface area (TPSA) is 55.4 Å². The number of carbonyl (C=O) groups excluding carboxylic acids is 2. The first-order chi connectivity index (χ1) is 6.70. The average Bonchev–Trinajstić information content (AvgIpc) is 2.18. The van der Waals surface area contributed by atoms with Gasteiger partial charge < -0.3 is 10.1 Å². The lowest BCUT2D eigenvalue weighted by Gasteiger charge is -2.04. The van der Waals surface area contributed by atoms with E-state index in [9.17, 15) is 9.59 Å². The quantitative estimate of drug-likeness (QED) is 0.501. The number of allylic oxidation sites excluding steroid dienone is 1. The van der Waals surface area contributed by atoms with E-state index in [0.717, 1.165) is 12.8 Å². The second-order valence-corrected chi connectivity index (χ2v) is 2.84. The molecule has 0 fully saturated rings. The molecule has 0 heterocycles. The Morgan fingerprint density at radius 2 is 2.21 bits per heavy atom. The first-order valence-corrected chi connectivity index (χ1v) is 4.76. The fraction of sp³-hybridized carbons (Fsp3) is 0.600. The summed E-state index contributed by atoms with van der Waals surface area (Å²) >= 11 is 0. The highest BCUT2D eigenvalue weighted by molar-refractivity contribution is 5.89. The molecular weight excluding hydrogens is 182 g/mol. The van der Waals surface area contributed by atoms with Crippen LogP contribution >= 0.6 is 0 Å². The molecule has 4 heteroatoms. The molecule has 0 radical (unpaired) electrons. The number of unbranched alkanes of at least 4 members (excludes halogenated alkanes) is 1.